The molecule has 33 heavy (non-hydrogen) atoms. The second-order valence-electron chi connectivity index (χ2n) is 11.6. The number of benzene rings is 1. The van der Waals surface area contributed by atoms with Crippen molar-refractivity contribution in [3.8, 4) is 0 Å². The molecule has 1 fully saturated rings. The van der Waals surface area contributed by atoms with E-state index in [2.05, 4.69) is 72.0 Å². The standard InChI is InChI=1S/C28H42N2O3/c1-8-19-15-22(11-9-20(19)13-14-27(4,5)6)28(7)24(18(2)3)17-30(26(33)29-28)23-12-10-21(16-23)25(31)32/h9,11,15,17-18,21,23H,8,10,12-14,16H2,1-7H3,(H,29,33)(H,31,32)/t21?,23?,28-/m0/s1. The summed E-state index contributed by atoms with van der Waals surface area (Å²) in [5.41, 5.74) is 4.72. The topological polar surface area (TPSA) is 69.6 Å². The van der Waals surface area contributed by atoms with E-state index in [1.54, 1.807) is 4.90 Å². The van der Waals surface area contributed by atoms with Crippen molar-refractivity contribution in [3.63, 3.8) is 0 Å². The number of aliphatic carboxylic acids is 1. The summed E-state index contributed by atoms with van der Waals surface area (Å²) < 4.78 is 0. The van der Waals surface area contributed by atoms with Crippen LogP contribution in [0, 0.1) is 17.3 Å². The van der Waals surface area contributed by atoms with Gasteiger partial charge >= 0.3 is 12.0 Å². The predicted molar refractivity (Wildman–Crippen MR) is 133 cm³/mol. The van der Waals surface area contributed by atoms with Gasteiger partial charge in [0.1, 0.15) is 0 Å². The Hall–Kier alpha value is -2.30. The van der Waals surface area contributed by atoms with Gasteiger partial charge < -0.3 is 10.4 Å². The Morgan fingerprint density at radius 2 is 1.94 bits per heavy atom. The van der Waals surface area contributed by atoms with Crippen molar-refractivity contribution in [1.29, 1.82) is 0 Å². The Bertz CT molecular complexity index is 928. The number of carbonyl (C=O) groups excluding carboxylic acids is 1. The summed E-state index contributed by atoms with van der Waals surface area (Å²) in [6, 6.07) is 6.51. The van der Waals surface area contributed by atoms with Gasteiger partial charge in [0.05, 0.1) is 11.5 Å². The molecule has 1 aliphatic heterocycles. The highest BCUT2D eigenvalue weighted by atomic mass is 16.4. The molecule has 2 N–H and O–H groups in total. The van der Waals surface area contributed by atoms with Gasteiger partial charge in [-0.3, -0.25) is 9.69 Å². The molecule has 182 valence electrons. The van der Waals surface area contributed by atoms with Crippen LogP contribution in [0.2, 0.25) is 0 Å². The average Bonchev–Trinajstić information content (AvgIpc) is 3.21. The molecule has 1 aliphatic carbocycles. The third-order valence-corrected chi connectivity index (χ3v) is 7.53. The van der Waals surface area contributed by atoms with Crippen LogP contribution in [0.25, 0.3) is 0 Å². The van der Waals surface area contributed by atoms with Gasteiger partial charge in [-0.15, -0.1) is 0 Å². The van der Waals surface area contributed by atoms with E-state index >= 15 is 0 Å². The molecule has 0 aromatic heterocycles. The van der Waals surface area contributed by atoms with E-state index in [0.29, 0.717) is 18.3 Å². The molecule has 3 atom stereocenters. The lowest BCUT2D eigenvalue weighted by Crippen LogP contribution is -2.56. The highest BCUT2D eigenvalue weighted by molar-refractivity contribution is 5.80. The third kappa shape index (κ3) is 5.44. The van der Waals surface area contributed by atoms with Crippen molar-refractivity contribution < 1.29 is 14.7 Å². The molecule has 2 amide bonds. The summed E-state index contributed by atoms with van der Waals surface area (Å²) in [7, 11) is 0. The highest BCUT2D eigenvalue weighted by Gasteiger charge is 2.43. The lowest BCUT2D eigenvalue weighted by Gasteiger charge is -2.44. The molecule has 0 bridgehead atoms. The molecule has 5 heteroatoms. The minimum atomic E-state index is -0.758. The summed E-state index contributed by atoms with van der Waals surface area (Å²) in [4.78, 5) is 26.5. The number of amides is 2. The first-order valence-electron chi connectivity index (χ1n) is 12.5. The number of aryl methyl sites for hydroxylation is 2. The molecule has 2 aliphatic rings. The van der Waals surface area contributed by atoms with Crippen LogP contribution < -0.4 is 5.32 Å². The molecule has 3 rings (SSSR count). The number of rotatable bonds is 7. The number of nitrogens with zero attached hydrogens (tertiary/aromatic N) is 1. The molecule has 0 radical (unpaired) electrons. The summed E-state index contributed by atoms with van der Waals surface area (Å²) >= 11 is 0. The quantitative estimate of drug-likeness (QED) is 0.511. The lowest BCUT2D eigenvalue weighted by molar-refractivity contribution is -0.141. The fraction of sp³-hybridized carbons (Fsp3) is 0.643. The smallest absolute Gasteiger partial charge is 0.322 e. The van der Waals surface area contributed by atoms with Gasteiger partial charge in [0.15, 0.2) is 0 Å². The molecule has 5 nitrogen and oxygen atoms in total. The number of carbonyl (C=O) groups is 2. The van der Waals surface area contributed by atoms with E-state index in [1.807, 2.05) is 6.20 Å². The normalized spacial score (nSPS) is 25.9. The number of hydrogen-bond donors (Lipinski definition) is 2. The lowest BCUT2D eigenvalue weighted by atomic mass is 9.77. The fourth-order valence-corrected chi connectivity index (χ4v) is 5.38. The van der Waals surface area contributed by atoms with Crippen molar-refractivity contribution in [3.05, 3.63) is 46.7 Å². The molecule has 1 aromatic carbocycles. The molecule has 0 saturated heterocycles. The Kier molecular flexibility index (Phi) is 7.30. The number of carboxylic acids is 1. The van der Waals surface area contributed by atoms with E-state index in [4.69, 9.17) is 0 Å². The first kappa shape index (κ1) is 25.3. The Balaban J connectivity index is 1.93. The van der Waals surface area contributed by atoms with Crippen LogP contribution >= 0.6 is 0 Å². The van der Waals surface area contributed by atoms with Crippen molar-refractivity contribution in [2.75, 3.05) is 0 Å². The second-order valence-corrected chi connectivity index (χ2v) is 11.6. The number of urea groups is 1. The Labute approximate surface area is 199 Å². The molecule has 2 unspecified atom stereocenters. The summed E-state index contributed by atoms with van der Waals surface area (Å²) in [6.45, 7) is 15.5. The van der Waals surface area contributed by atoms with Gasteiger partial charge in [-0.1, -0.05) is 59.7 Å². The van der Waals surface area contributed by atoms with Crippen LogP contribution in [-0.2, 0) is 23.2 Å². The zero-order valence-corrected chi connectivity index (χ0v) is 21.5. The van der Waals surface area contributed by atoms with Crippen LogP contribution in [0.5, 0.6) is 0 Å². The zero-order valence-electron chi connectivity index (χ0n) is 21.5. The number of carboxylic acid groups (broad SMARTS) is 1. The van der Waals surface area contributed by atoms with Gasteiger partial charge in [0.2, 0.25) is 0 Å². The second kappa shape index (κ2) is 9.52. The van der Waals surface area contributed by atoms with Crippen molar-refractivity contribution in [2.45, 2.75) is 98.6 Å². The minimum Gasteiger partial charge on any atom is -0.481 e. The van der Waals surface area contributed by atoms with Crippen molar-refractivity contribution >= 4 is 12.0 Å². The zero-order chi connectivity index (χ0) is 24.6. The van der Waals surface area contributed by atoms with Crippen LogP contribution in [0.15, 0.2) is 30.0 Å². The van der Waals surface area contributed by atoms with Gasteiger partial charge in [-0.2, -0.15) is 0 Å². The van der Waals surface area contributed by atoms with E-state index in [0.717, 1.165) is 36.8 Å². The van der Waals surface area contributed by atoms with E-state index in [1.165, 1.54) is 11.1 Å². The van der Waals surface area contributed by atoms with E-state index < -0.39 is 11.5 Å². The maximum absolute atomic E-state index is 13.3. The SMILES string of the molecule is CCc1cc([C@]2(C)NC(=O)N(C3CCC(C(=O)O)C3)C=C2C(C)C)ccc1CCC(C)(C)C. The molecular formula is C28H42N2O3. The average molecular weight is 455 g/mol. The maximum Gasteiger partial charge on any atom is 0.322 e. The highest BCUT2D eigenvalue weighted by Crippen LogP contribution is 2.40. The summed E-state index contributed by atoms with van der Waals surface area (Å²) in [5, 5.41) is 12.7. The fourth-order valence-electron chi connectivity index (χ4n) is 5.38. The van der Waals surface area contributed by atoms with E-state index in [-0.39, 0.29) is 23.9 Å². The summed E-state index contributed by atoms with van der Waals surface area (Å²) in [5.74, 6) is -0.883. The maximum atomic E-state index is 13.3. The molecular weight excluding hydrogens is 412 g/mol. The van der Waals surface area contributed by atoms with Crippen LogP contribution in [0.1, 0.15) is 90.8 Å². The largest absolute Gasteiger partial charge is 0.481 e. The minimum absolute atomic E-state index is 0.0598. The Morgan fingerprint density at radius 3 is 2.48 bits per heavy atom. The van der Waals surface area contributed by atoms with Gasteiger partial charge in [-0.05, 0) is 79.0 Å². The molecule has 0 spiro atoms. The monoisotopic (exact) mass is 454 g/mol. The number of nitrogens with one attached hydrogen (secondary N) is 1. The Morgan fingerprint density at radius 1 is 1.24 bits per heavy atom. The predicted octanol–water partition coefficient (Wildman–Crippen LogP) is 6.26. The number of hydrogen-bond acceptors (Lipinski definition) is 2. The first-order valence-corrected chi connectivity index (χ1v) is 12.5. The molecule has 1 aromatic rings. The van der Waals surface area contributed by atoms with Crippen molar-refractivity contribution in [2.24, 2.45) is 17.3 Å². The van der Waals surface area contributed by atoms with Crippen LogP contribution in [0.3, 0.4) is 0 Å². The van der Waals surface area contributed by atoms with Gasteiger partial charge in [0, 0.05) is 12.2 Å². The van der Waals surface area contributed by atoms with Gasteiger partial charge in [0.25, 0.3) is 0 Å². The summed E-state index contributed by atoms with van der Waals surface area (Å²) in [6.07, 6.45) is 7.04. The van der Waals surface area contributed by atoms with Crippen LogP contribution in [-0.4, -0.2) is 28.0 Å². The van der Waals surface area contributed by atoms with Crippen molar-refractivity contribution in [1.82, 2.24) is 10.2 Å². The van der Waals surface area contributed by atoms with Crippen LogP contribution in [0.4, 0.5) is 4.79 Å². The molecule has 1 heterocycles. The third-order valence-electron chi connectivity index (χ3n) is 7.53. The van der Waals surface area contributed by atoms with Gasteiger partial charge in [-0.25, -0.2) is 4.79 Å². The molecule has 1 saturated carbocycles. The van der Waals surface area contributed by atoms with E-state index in [9.17, 15) is 14.7 Å². The first-order chi connectivity index (χ1) is 15.4.